The molecule has 0 heterocycles. The monoisotopic (exact) mass is 192 g/mol. The maximum atomic E-state index is 10.7. The first-order chi connectivity index (χ1) is 6.51. The van der Waals surface area contributed by atoms with Crippen molar-refractivity contribution in [2.45, 2.75) is 20.3 Å². The Morgan fingerprint density at radius 2 is 2.00 bits per heavy atom. The SMILES string of the molecule is C=CC(=C)CC(=CC)C(=C)OC(C)=O. The van der Waals surface area contributed by atoms with E-state index in [-0.39, 0.29) is 5.97 Å². The minimum absolute atomic E-state index is 0.362. The highest BCUT2D eigenvalue weighted by molar-refractivity contribution is 5.68. The van der Waals surface area contributed by atoms with Gasteiger partial charge in [-0.15, -0.1) is 0 Å². The standard InChI is InChI=1S/C12H16O2/c1-6-9(3)8-12(7-2)10(4)14-11(5)13/h6-7H,1,3-4,8H2,2,5H3. The van der Waals surface area contributed by atoms with Crippen molar-refractivity contribution in [3.63, 3.8) is 0 Å². The van der Waals surface area contributed by atoms with Crippen LogP contribution in [0.1, 0.15) is 20.3 Å². The van der Waals surface area contributed by atoms with Crippen molar-refractivity contribution in [2.24, 2.45) is 0 Å². The van der Waals surface area contributed by atoms with Gasteiger partial charge in [0.2, 0.25) is 0 Å². The van der Waals surface area contributed by atoms with Crippen LogP contribution in [0.25, 0.3) is 0 Å². The molecule has 2 heteroatoms. The molecule has 2 nitrogen and oxygen atoms in total. The van der Waals surface area contributed by atoms with E-state index < -0.39 is 0 Å². The van der Waals surface area contributed by atoms with E-state index >= 15 is 0 Å². The van der Waals surface area contributed by atoms with Crippen molar-refractivity contribution in [3.8, 4) is 0 Å². The molecular formula is C12H16O2. The van der Waals surface area contributed by atoms with E-state index in [1.807, 2.05) is 13.0 Å². The van der Waals surface area contributed by atoms with E-state index in [9.17, 15) is 4.79 Å². The highest BCUT2D eigenvalue weighted by Crippen LogP contribution is 2.18. The Morgan fingerprint density at radius 3 is 2.36 bits per heavy atom. The Morgan fingerprint density at radius 1 is 1.43 bits per heavy atom. The van der Waals surface area contributed by atoms with Crippen LogP contribution in [-0.4, -0.2) is 5.97 Å². The Hall–Kier alpha value is -1.57. The predicted molar refractivity (Wildman–Crippen MR) is 58.6 cm³/mol. The van der Waals surface area contributed by atoms with Crippen LogP contribution in [0.15, 0.2) is 48.8 Å². The van der Waals surface area contributed by atoms with Crippen LogP contribution in [0.5, 0.6) is 0 Å². The zero-order valence-corrected chi connectivity index (χ0v) is 8.80. The smallest absolute Gasteiger partial charge is 0.308 e. The van der Waals surface area contributed by atoms with Crippen molar-refractivity contribution >= 4 is 5.97 Å². The Bertz CT molecular complexity index is 295. The Kier molecular flexibility index (Phi) is 5.30. The molecule has 0 amide bonds. The normalized spacial score (nSPS) is 10.6. The van der Waals surface area contributed by atoms with Crippen molar-refractivity contribution in [1.82, 2.24) is 0 Å². The zero-order chi connectivity index (χ0) is 11.1. The summed E-state index contributed by atoms with van der Waals surface area (Å²) >= 11 is 0. The molecule has 76 valence electrons. The third kappa shape index (κ3) is 4.45. The maximum Gasteiger partial charge on any atom is 0.308 e. The van der Waals surface area contributed by atoms with Crippen molar-refractivity contribution in [3.05, 3.63) is 48.8 Å². The van der Waals surface area contributed by atoms with Gasteiger partial charge in [-0.05, 0) is 12.5 Å². The molecule has 0 aliphatic heterocycles. The quantitative estimate of drug-likeness (QED) is 0.380. The largest absolute Gasteiger partial charge is 0.427 e. The summed E-state index contributed by atoms with van der Waals surface area (Å²) in [5.74, 6) is 0.0153. The topological polar surface area (TPSA) is 26.3 Å². The van der Waals surface area contributed by atoms with Crippen molar-refractivity contribution in [2.75, 3.05) is 0 Å². The minimum Gasteiger partial charge on any atom is -0.427 e. The summed E-state index contributed by atoms with van der Waals surface area (Å²) in [6, 6.07) is 0. The number of carbonyl (C=O) groups is 1. The van der Waals surface area contributed by atoms with Crippen LogP contribution in [0.2, 0.25) is 0 Å². The van der Waals surface area contributed by atoms with Crippen LogP contribution in [0, 0.1) is 0 Å². The summed E-state index contributed by atoms with van der Waals surface area (Å²) in [4.78, 5) is 10.7. The molecular weight excluding hydrogens is 176 g/mol. The van der Waals surface area contributed by atoms with Crippen LogP contribution in [-0.2, 0) is 9.53 Å². The molecule has 0 unspecified atom stereocenters. The molecule has 0 saturated heterocycles. The van der Waals surface area contributed by atoms with Gasteiger partial charge in [-0.1, -0.05) is 37.5 Å². The first kappa shape index (κ1) is 12.4. The molecule has 0 aromatic rings. The lowest BCUT2D eigenvalue weighted by Gasteiger charge is -2.09. The van der Waals surface area contributed by atoms with Gasteiger partial charge in [0, 0.05) is 13.3 Å². The van der Waals surface area contributed by atoms with Crippen LogP contribution >= 0.6 is 0 Å². The molecule has 0 rings (SSSR count). The molecule has 0 fully saturated rings. The molecule has 0 N–H and O–H groups in total. The number of esters is 1. The average molecular weight is 192 g/mol. The average Bonchev–Trinajstić information content (AvgIpc) is 2.12. The van der Waals surface area contributed by atoms with Gasteiger partial charge in [-0.25, -0.2) is 0 Å². The van der Waals surface area contributed by atoms with Gasteiger partial charge in [0.15, 0.2) is 0 Å². The fourth-order valence-corrected chi connectivity index (χ4v) is 0.917. The summed E-state index contributed by atoms with van der Waals surface area (Å²) in [7, 11) is 0. The van der Waals surface area contributed by atoms with E-state index in [1.54, 1.807) is 6.08 Å². The summed E-state index contributed by atoms with van der Waals surface area (Å²) in [5.41, 5.74) is 1.72. The van der Waals surface area contributed by atoms with Crippen molar-refractivity contribution < 1.29 is 9.53 Å². The molecule has 0 spiro atoms. The highest BCUT2D eigenvalue weighted by Gasteiger charge is 2.06. The Labute approximate surface area is 85.3 Å². The molecule has 0 aliphatic carbocycles. The Balaban J connectivity index is 4.43. The molecule has 0 atom stereocenters. The van der Waals surface area contributed by atoms with E-state index in [4.69, 9.17) is 4.74 Å². The van der Waals surface area contributed by atoms with Gasteiger partial charge in [0.25, 0.3) is 0 Å². The van der Waals surface area contributed by atoms with Gasteiger partial charge in [-0.3, -0.25) is 4.79 Å². The zero-order valence-electron chi connectivity index (χ0n) is 8.80. The fraction of sp³-hybridized carbons (Fsp3) is 0.250. The molecule has 14 heavy (non-hydrogen) atoms. The number of rotatable bonds is 5. The summed E-state index contributed by atoms with van der Waals surface area (Å²) in [6.07, 6.45) is 4.12. The number of hydrogen-bond donors (Lipinski definition) is 0. The summed E-state index contributed by atoms with van der Waals surface area (Å²) < 4.78 is 4.87. The van der Waals surface area contributed by atoms with E-state index in [2.05, 4.69) is 19.7 Å². The molecule has 0 bridgehead atoms. The third-order valence-corrected chi connectivity index (χ3v) is 1.68. The number of hydrogen-bond acceptors (Lipinski definition) is 2. The summed E-state index contributed by atoms with van der Waals surface area (Å²) in [5, 5.41) is 0. The maximum absolute atomic E-state index is 10.7. The number of carbonyl (C=O) groups excluding carboxylic acids is 1. The fourth-order valence-electron chi connectivity index (χ4n) is 0.917. The lowest BCUT2D eigenvalue weighted by atomic mass is 10.1. The van der Waals surface area contributed by atoms with Gasteiger partial charge in [-0.2, -0.15) is 0 Å². The molecule has 0 aliphatic rings. The molecule has 0 saturated carbocycles. The van der Waals surface area contributed by atoms with Gasteiger partial charge >= 0.3 is 5.97 Å². The number of allylic oxidation sites excluding steroid dienone is 4. The molecule has 0 aromatic carbocycles. The van der Waals surface area contributed by atoms with Crippen LogP contribution in [0.4, 0.5) is 0 Å². The highest BCUT2D eigenvalue weighted by atomic mass is 16.5. The summed E-state index contributed by atoms with van der Waals surface area (Å²) in [6.45, 7) is 14.3. The van der Waals surface area contributed by atoms with E-state index in [1.165, 1.54) is 6.92 Å². The van der Waals surface area contributed by atoms with E-state index in [0.717, 1.165) is 11.1 Å². The van der Waals surface area contributed by atoms with Crippen LogP contribution in [0.3, 0.4) is 0 Å². The first-order valence-corrected chi connectivity index (χ1v) is 4.34. The van der Waals surface area contributed by atoms with E-state index in [0.29, 0.717) is 12.2 Å². The molecule has 0 radical (unpaired) electrons. The second kappa shape index (κ2) is 5.97. The van der Waals surface area contributed by atoms with Gasteiger partial charge < -0.3 is 4.74 Å². The van der Waals surface area contributed by atoms with Crippen LogP contribution < -0.4 is 0 Å². The predicted octanol–water partition coefficient (Wildman–Crippen LogP) is 3.14. The number of ether oxygens (including phenoxy) is 1. The second-order valence-electron chi connectivity index (χ2n) is 2.87. The van der Waals surface area contributed by atoms with Gasteiger partial charge in [0.1, 0.15) is 5.76 Å². The first-order valence-electron chi connectivity index (χ1n) is 4.34. The molecule has 0 aromatic heterocycles. The minimum atomic E-state index is -0.362. The lowest BCUT2D eigenvalue weighted by molar-refractivity contribution is -0.136. The third-order valence-electron chi connectivity index (χ3n) is 1.68. The lowest BCUT2D eigenvalue weighted by Crippen LogP contribution is -2.00. The van der Waals surface area contributed by atoms with Crippen molar-refractivity contribution in [1.29, 1.82) is 0 Å². The van der Waals surface area contributed by atoms with Gasteiger partial charge in [0.05, 0.1) is 0 Å². The second-order valence-corrected chi connectivity index (χ2v) is 2.87.